The molecule has 9 heteroatoms. The summed E-state index contributed by atoms with van der Waals surface area (Å²) < 4.78 is 38.9. The van der Waals surface area contributed by atoms with Crippen molar-refractivity contribution in [2.45, 2.75) is 50.2 Å². The van der Waals surface area contributed by atoms with E-state index in [9.17, 15) is 27.9 Å². The molecule has 1 aromatic rings. The van der Waals surface area contributed by atoms with Gasteiger partial charge in [0.15, 0.2) is 0 Å². The molecule has 1 aliphatic rings. The molecule has 0 aromatic heterocycles. The number of carboxylic acid groups (broad SMARTS) is 1. The summed E-state index contributed by atoms with van der Waals surface area (Å²) in [5, 5.41) is 20.9. The molecule has 1 aromatic carbocycles. The second kappa shape index (κ2) is 7.73. The molecular weight excluding hydrogens is 341 g/mol. The molecule has 3 unspecified atom stereocenters. The van der Waals surface area contributed by atoms with Crippen LogP contribution in [0.5, 0.6) is 0 Å². The smallest absolute Gasteiger partial charge is 0.465 e. The Morgan fingerprint density at radius 1 is 1.20 bits per heavy atom. The first-order valence-corrected chi connectivity index (χ1v) is 7.77. The van der Waals surface area contributed by atoms with Gasteiger partial charge in [0.25, 0.3) is 0 Å². The summed E-state index contributed by atoms with van der Waals surface area (Å²) in [7, 11) is 0. The summed E-state index contributed by atoms with van der Waals surface area (Å²) in [5.41, 5.74) is 0.542. The molecule has 0 radical (unpaired) electrons. The van der Waals surface area contributed by atoms with Gasteiger partial charge in [0, 0.05) is 12.6 Å². The van der Waals surface area contributed by atoms with E-state index in [2.05, 4.69) is 5.32 Å². The number of nitrogens with zero attached hydrogens (tertiary/aromatic N) is 1. The first-order chi connectivity index (χ1) is 11.7. The predicted octanol–water partition coefficient (Wildman–Crippen LogP) is 2.13. The van der Waals surface area contributed by atoms with Crippen molar-refractivity contribution in [3.8, 4) is 0 Å². The number of aliphatic hydroxyl groups excluding tert-OH is 1. The van der Waals surface area contributed by atoms with Gasteiger partial charge in [0.2, 0.25) is 0 Å². The van der Waals surface area contributed by atoms with E-state index in [1.807, 2.05) is 0 Å². The Bertz CT molecular complexity index is 609. The van der Waals surface area contributed by atoms with Crippen molar-refractivity contribution in [1.29, 1.82) is 0 Å². The van der Waals surface area contributed by atoms with Gasteiger partial charge >= 0.3 is 18.2 Å². The highest BCUT2D eigenvalue weighted by Gasteiger charge is 2.46. The van der Waals surface area contributed by atoms with E-state index in [4.69, 9.17) is 5.11 Å². The van der Waals surface area contributed by atoms with Gasteiger partial charge in [0.05, 0.1) is 12.1 Å². The van der Waals surface area contributed by atoms with Crippen molar-refractivity contribution in [3.05, 3.63) is 35.9 Å². The summed E-state index contributed by atoms with van der Waals surface area (Å²) >= 11 is 0. The Morgan fingerprint density at radius 2 is 1.84 bits per heavy atom. The van der Waals surface area contributed by atoms with Crippen LogP contribution >= 0.6 is 0 Å². The number of halogens is 3. The highest BCUT2D eigenvalue weighted by molar-refractivity contribution is 5.82. The number of aliphatic hydroxyl groups is 1. The van der Waals surface area contributed by atoms with Crippen LogP contribution in [0.25, 0.3) is 0 Å². The van der Waals surface area contributed by atoms with Gasteiger partial charge < -0.3 is 20.4 Å². The summed E-state index contributed by atoms with van der Waals surface area (Å²) in [6.07, 6.45) is -7.30. The molecule has 0 aliphatic heterocycles. The molecule has 0 heterocycles. The van der Waals surface area contributed by atoms with Gasteiger partial charge in [-0.2, -0.15) is 13.2 Å². The fraction of sp³-hybridized carbons (Fsp3) is 0.500. The minimum Gasteiger partial charge on any atom is -0.465 e. The molecule has 1 saturated carbocycles. The molecule has 2 amide bonds. The van der Waals surface area contributed by atoms with Crippen LogP contribution in [0.4, 0.5) is 18.0 Å². The highest BCUT2D eigenvalue weighted by atomic mass is 19.4. The number of carbonyl (C=O) groups is 2. The van der Waals surface area contributed by atoms with Crippen LogP contribution in [0.2, 0.25) is 0 Å². The van der Waals surface area contributed by atoms with E-state index < -0.39 is 36.4 Å². The molecule has 25 heavy (non-hydrogen) atoms. The minimum atomic E-state index is -5.02. The second-order valence-electron chi connectivity index (χ2n) is 6.01. The van der Waals surface area contributed by atoms with Gasteiger partial charge in [-0.15, -0.1) is 0 Å². The fourth-order valence-electron chi connectivity index (χ4n) is 3.04. The van der Waals surface area contributed by atoms with Crippen molar-refractivity contribution in [2.24, 2.45) is 0 Å². The zero-order valence-corrected chi connectivity index (χ0v) is 13.2. The maximum Gasteiger partial charge on any atom is 0.471 e. The first-order valence-electron chi connectivity index (χ1n) is 7.77. The quantitative estimate of drug-likeness (QED) is 0.767. The monoisotopic (exact) mass is 360 g/mol. The van der Waals surface area contributed by atoms with Crippen LogP contribution < -0.4 is 5.32 Å². The number of rotatable bonds is 4. The Labute approximate surface area is 142 Å². The van der Waals surface area contributed by atoms with Crippen molar-refractivity contribution in [2.75, 3.05) is 0 Å². The third-order valence-corrected chi connectivity index (χ3v) is 4.24. The van der Waals surface area contributed by atoms with Gasteiger partial charge in [-0.3, -0.25) is 4.79 Å². The number of carbonyl (C=O) groups excluding carboxylic acids is 1. The van der Waals surface area contributed by atoms with Crippen molar-refractivity contribution < 1.29 is 33.0 Å². The molecule has 1 fully saturated rings. The maximum atomic E-state index is 13.0. The summed E-state index contributed by atoms with van der Waals surface area (Å²) in [4.78, 5) is 23.2. The summed E-state index contributed by atoms with van der Waals surface area (Å²) in [5.74, 6) is -1.96. The average Bonchev–Trinajstić information content (AvgIpc) is 2.54. The van der Waals surface area contributed by atoms with E-state index in [1.165, 1.54) is 0 Å². The van der Waals surface area contributed by atoms with Crippen LogP contribution in [-0.4, -0.2) is 51.5 Å². The SMILES string of the molecule is O=C(O)NC1CCC(N(Cc2ccccc2)C(=O)C(F)(F)F)CC1O. The largest absolute Gasteiger partial charge is 0.471 e. The van der Waals surface area contributed by atoms with Crippen LogP contribution in [0.3, 0.4) is 0 Å². The number of amides is 2. The number of nitrogens with one attached hydrogen (secondary N) is 1. The van der Waals surface area contributed by atoms with Crippen molar-refractivity contribution in [3.63, 3.8) is 0 Å². The predicted molar refractivity (Wildman–Crippen MR) is 81.6 cm³/mol. The zero-order chi connectivity index (χ0) is 18.6. The Kier molecular flexibility index (Phi) is 5.89. The Balaban J connectivity index is 2.16. The molecule has 3 atom stereocenters. The van der Waals surface area contributed by atoms with Crippen LogP contribution in [-0.2, 0) is 11.3 Å². The fourth-order valence-corrected chi connectivity index (χ4v) is 3.04. The minimum absolute atomic E-state index is 0.125. The van der Waals surface area contributed by atoms with E-state index in [-0.39, 0.29) is 25.8 Å². The standard InChI is InChI=1S/C16H19F3N2O4/c17-16(18,19)14(23)21(9-10-4-2-1-3-5-10)11-6-7-12(13(22)8-11)20-15(24)25/h1-5,11-13,20,22H,6-9H2,(H,24,25). The first kappa shape index (κ1) is 19.0. The van der Waals surface area contributed by atoms with Gasteiger partial charge in [-0.05, 0) is 24.8 Å². The molecule has 0 bridgehead atoms. The van der Waals surface area contributed by atoms with Gasteiger partial charge in [-0.25, -0.2) is 4.79 Å². The number of hydrogen-bond acceptors (Lipinski definition) is 3. The lowest BCUT2D eigenvalue weighted by molar-refractivity contribution is -0.190. The lowest BCUT2D eigenvalue weighted by Gasteiger charge is -2.39. The second-order valence-corrected chi connectivity index (χ2v) is 6.01. The number of hydrogen-bond donors (Lipinski definition) is 3. The molecule has 0 saturated heterocycles. The molecule has 138 valence electrons. The summed E-state index contributed by atoms with van der Waals surface area (Å²) in [6.45, 7) is -0.229. The van der Waals surface area contributed by atoms with Crippen LogP contribution in [0.15, 0.2) is 30.3 Å². The van der Waals surface area contributed by atoms with Crippen LogP contribution in [0.1, 0.15) is 24.8 Å². The Morgan fingerprint density at radius 3 is 2.36 bits per heavy atom. The third-order valence-electron chi connectivity index (χ3n) is 4.24. The lowest BCUT2D eigenvalue weighted by Crippen LogP contribution is -2.54. The van der Waals surface area contributed by atoms with E-state index in [0.717, 1.165) is 4.90 Å². The maximum absolute atomic E-state index is 13.0. The molecule has 2 rings (SSSR count). The third kappa shape index (κ3) is 5.09. The molecule has 6 nitrogen and oxygen atoms in total. The van der Waals surface area contributed by atoms with Gasteiger partial charge in [-0.1, -0.05) is 30.3 Å². The van der Waals surface area contributed by atoms with E-state index in [0.29, 0.717) is 5.56 Å². The van der Waals surface area contributed by atoms with Gasteiger partial charge in [0.1, 0.15) is 0 Å². The average molecular weight is 360 g/mol. The molecule has 0 spiro atoms. The molecule has 1 aliphatic carbocycles. The number of benzene rings is 1. The van der Waals surface area contributed by atoms with Crippen molar-refractivity contribution in [1.82, 2.24) is 10.2 Å². The van der Waals surface area contributed by atoms with Crippen LogP contribution in [0, 0.1) is 0 Å². The van der Waals surface area contributed by atoms with E-state index in [1.54, 1.807) is 30.3 Å². The molecule has 3 N–H and O–H groups in total. The summed E-state index contributed by atoms with van der Waals surface area (Å²) in [6, 6.07) is 6.69. The van der Waals surface area contributed by atoms with E-state index >= 15 is 0 Å². The van der Waals surface area contributed by atoms with Crippen molar-refractivity contribution >= 4 is 12.0 Å². The lowest BCUT2D eigenvalue weighted by atomic mass is 9.87. The number of alkyl halides is 3. The highest BCUT2D eigenvalue weighted by Crippen LogP contribution is 2.29. The zero-order valence-electron chi connectivity index (χ0n) is 13.2. The molecular formula is C16H19F3N2O4. The topological polar surface area (TPSA) is 89.9 Å². The normalized spacial score (nSPS) is 23.8. The Hall–Kier alpha value is -2.29.